The Morgan fingerprint density at radius 3 is 3.29 bits per heavy atom. The van der Waals surface area contributed by atoms with Gasteiger partial charge in [-0.3, -0.25) is 0 Å². The number of anilines is 1. The largest absolute Gasteiger partial charge is 0.481 e. The number of hydrogen-bond acceptors (Lipinski definition) is 4. The van der Waals surface area contributed by atoms with Crippen molar-refractivity contribution in [3.8, 4) is 5.75 Å². The average Bonchev–Trinajstić information content (AvgIpc) is 2.26. The van der Waals surface area contributed by atoms with Crippen molar-refractivity contribution in [2.75, 3.05) is 19.0 Å². The van der Waals surface area contributed by atoms with Crippen LogP contribution in [0.3, 0.4) is 0 Å². The molecule has 1 aromatic carbocycles. The van der Waals surface area contributed by atoms with Crippen molar-refractivity contribution in [2.45, 2.75) is 6.10 Å². The van der Waals surface area contributed by atoms with Gasteiger partial charge in [-0.1, -0.05) is 17.3 Å². The molecule has 0 fully saturated rings. The summed E-state index contributed by atoms with van der Waals surface area (Å²) in [4.78, 5) is 4.59. The van der Waals surface area contributed by atoms with E-state index in [4.69, 9.17) is 4.74 Å². The van der Waals surface area contributed by atoms with Gasteiger partial charge < -0.3 is 14.9 Å². The summed E-state index contributed by atoms with van der Waals surface area (Å²) in [6.07, 6.45) is 1.58. The van der Waals surface area contributed by atoms with Gasteiger partial charge in [0.2, 0.25) is 0 Å². The van der Waals surface area contributed by atoms with Crippen LogP contribution in [-0.2, 0) is 4.84 Å². The van der Waals surface area contributed by atoms with E-state index in [0.717, 1.165) is 11.4 Å². The molecular formula is C10H12N2O2. The molecule has 0 saturated heterocycles. The van der Waals surface area contributed by atoms with Crippen LogP contribution in [0.2, 0.25) is 0 Å². The number of rotatable bonds is 2. The Hall–Kier alpha value is -1.71. The molecule has 0 spiro atoms. The van der Waals surface area contributed by atoms with E-state index in [1.807, 2.05) is 24.3 Å². The lowest BCUT2D eigenvalue weighted by molar-refractivity contribution is 0.205. The van der Waals surface area contributed by atoms with Crippen LogP contribution in [-0.4, -0.2) is 26.0 Å². The number of benzene rings is 1. The normalized spacial score (nSPS) is 19.6. The second kappa shape index (κ2) is 4.00. The molecular weight excluding hydrogens is 180 g/mol. The van der Waals surface area contributed by atoms with Crippen LogP contribution in [0.15, 0.2) is 29.4 Å². The van der Waals surface area contributed by atoms with E-state index in [-0.39, 0.29) is 6.10 Å². The van der Waals surface area contributed by atoms with Crippen LogP contribution in [0.4, 0.5) is 5.69 Å². The molecule has 1 aliphatic heterocycles. The van der Waals surface area contributed by atoms with Crippen LogP contribution in [0, 0.1) is 0 Å². The highest BCUT2D eigenvalue weighted by atomic mass is 16.6. The van der Waals surface area contributed by atoms with Gasteiger partial charge in [0.1, 0.15) is 12.9 Å². The van der Waals surface area contributed by atoms with E-state index in [1.165, 1.54) is 7.11 Å². The predicted octanol–water partition coefficient (Wildman–Crippen LogP) is 1.49. The fourth-order valence-corrected chi connectivity index (χ4v) is 1.34. The average molecular weight is 192 g/mol. The van der Waals surface area contributed by atoms with E-state index in [2.05, 4.69) is 15.3 Å². The zero-order chi connectivity index (χ0) is 9.80. The minimum atomic E-state index is -0.0650. The molecule has 1 atom stereocenters. The first kappa shape index (κ1) is 8.87. The molecule has 0 saturated carbocycles. The molecule has 1 aliphatic rings. The molecule has 0 aliphatic carbocycles. The van der Waals surface area contributed by atoms with Crippen molar-refractivity contribution < 1.29 is 9.57 Å². The number of ether oxygens (including phenoxy) is 1. The van der Waals surface area contributed by atoms with Gasteiger partial charge in [0.25, 0.3) is 0 Å². The molecule has 1 N–H and O–H groups in total. The molecule has 4 heteroatoms. The second-order valence-corrected chi connectivity index (χ2v) is 2.97. The first-order valence-electron chi connectivity index (χ1n) is 4.46. The molecule has 4 nitrogen and oxygen atoms in total. The third-order valence-electron chi connectivity index (χ3n) is 1.99. The smallest absolute Gasteiger partial charge is 0.154 e. The highest BCUT2D eigenvalue weighted by molar-refractivity contribution is 5.68. The summed E-state index contributed by atoms with van der Waals surface area (Å²) >= 11 is 0. The number of fused-ring (bicyclic) bond motifs is 1. The van der Waals surface area contributed by atoms with Crippen LogP contribution >= 0.6 is 0 Å². The molecule has 1 heterocycles. The van der Waals surface area contributed by atoms with E-state index in [1.54, 1.807) is 6.21 Å². The van der Waals surface area contributed by atoms with Crippen LogP contribution < -0.4 is 10.1 Å². The number of nitrogens with one attached hydrogen (secondary N) is 1. The van der Waals surface area contributed by atoms with Crippen molar-refractivity contribution in [2.24, 2.45) is 5.16 Å². The van der Waals surface area contributed by atoms with E-state index in [0.29, 0.717) is 6.54 Å². The van der Waals surface area contributed by atoms with Crippen molar-refractivity contribution in [3.63, 3.8) is 0 Å². The fourth-order valence-electron chi connectivity index (χ4n) is 1.34. The minimum Gasteiger partial charge on any atom is -0.481 e. The summed E-state index contributed by atoms with van der Waals surface area (Å²) < 4.78 is 5.64. The van der Waals surface area contributed by atoms with Crippen molar-refractivity contribution in [1.29, 1.82) is 0 Å². The van der Waals surface area contributed by atoms with E-state index in [9.17, 15) is 0 Å². The maximum Gasteiger partial charge on any atom is 0.154 e. The highest BCUT2D eigenvalue weighted by Gasteiger charge is 2.16. The van der Waals surface area contributed by atoms with E-state index < -0.39 is 0 Å². The summed E-state index contributed by atoms with van der Waals surface area (Å²) in [5, 5.41) is 6.93. The number of para-hydroxylation sites is 2. The lowest BCUT2D eigenvalue weighted by Crippen LogP contribution is -2.31. The molecule has 0 radical (unpaired) electrons. The van der Waals surface area contributed by atoms with Gasteiger partial charge >= 0.3 is 0 Å². The zero-order valence-corrected chi connectivity index (χ0v) is 7.93. The third-order valence-corrected chi connectivity index (χ3v) is 1.99. The third kappa shape index (κ3) is 1.79. The first-order valence-corrected chi connectivity index (χ1v) is 4.46. The number of hydrogen-bond donors (Lipinski definition) is 1. The molecule has 74 valence electrons. The topological polar surface area (TPSA) is 42.8 Å². The van der Waals surface area contributed by atoms with Crippen molar-refractivity contribution >= 4 is 11.9 Å². The predicted molar refractivity (Wildman–Crippen MR) is 54.8 cm³/mol. The Balaban J connectivity index is 2.09. The summed E-state index contributed by atoms with van der Waals surface area (Å²) in [5.41, 5.74) is 1.02. The molecule has 14 heavy (non-hydrogen) atoms. The minimum absolute atomic E-state index is 0.0650. The van der Waals surface area contributed by atoms with Gasteiger partial charge in [0, 0.05) is 0 Å². The lowest BCUT2D eigenvalue weighted by atomic mass is 10.2. The maximum absolute atomic E-state index is 5.64. The Kier molecular flexibility index (Phi) is 2.53. The van der Waals surface area contributed by atoms with Gasteiger partial charge in [-0.25, -0.2) is 0 Å². The van der Waals surface area contributed by atoms with Crippen molar-refractivity contribution in [3.05, 3.63) is 24.3 Å². The molecule has 2 rings (SSSR count). The molecule has 1 aromatic rings. The molecule has 0 bridgehead atoms. The van der Waals surface area contributed by atoms with Gasteiger partial charge in [-0.2, -0.15) is 0 Å². The fraction of sp³-hybridized carbons (Fsp3) is 0.300. The van der Waals surface area contributed by atoms with Crippen LogP contribution in [0.1, 0.15) is 0 Å². The molecule has 0 amide bonds. The highest BCUT2D eigenvalue weighted by Crippen LogP contribution is 2.27. The van der Waals surface area contributed by atoms with Gasteiger partial charge in [0.05, 0.1) is 18.4 Å². The van der Waals surface area contributed by atoms with Gasteiger partial charge in [0.15, 0.2) is 6.10 Å². The summed E-state index contributed by atoms with van der Waals surface area (Å²) in [6, 6.07) is 7.82. The van der Waals surface area contributed by atoms with Crippen LogP contribution in [0.25, 0.3) is 0 Å². The standard InChI is InChI=1S/C10H12N2O2/c1-13-12-7-8-6-11-9-4-2-3-5-10(9)14-8/h2-5,7-8,11H,6H2,1H3/b12-7+. The number of nitrogens with zero attached hydrogens (tertiary/aromatic N) is 1. The monoisotopic (exact) mass is 192 g/mol. The van der Waals surface area contributed by atoms with Crippen LogP contribution in [0.5, 0.6) is 5.75 Å². The Labute approximate surface area is 82.5 Å². The zero-order valence-electron chi connectivity index (χ0n) is 7.93. The second-order valence-electron chi connectivity index (χ2n) is 2.97. The van der Waals surface area contributed by atoms with Crippen molar-refractivity contribution in [1.82, 2.24) is 0 Å². The van der Waals surface area contributed by atoms with Gasteiger partial charge in [-0.05, 0) is 12.1 Å². The summed E-state index contributed by atoms with van der Waals surface area (Å²) in [5.74, 6) is 0.853. The molecule has 0 aromatic heterocycles. The Morgan fingerprint density at radius 2 is 2.43 bits per heavy atom. The maximum atomic E-state index is 5.64. The Morgan fingerprint density at radius 1 is 1.57 bits per heavy atom. The molecule has 1 unspecified atom stereocenters. The van der Waals surface area contributed by atoms with E-state index >= 15 is 0 Å². The summed E-state index contributed by atoms with van der Waals surface area (Å²) in [6.45, 7) is 0.712. The lowest BCUT2D eigenvalue weighted by Gasteiger charge is -2.24. The SMILES string of the molecule is CO/N=C/C1CNc2ccccc2O1. The summed E-state index contributed by atoms with van der Waals surface area (Å²) in [7, 11) is 1.51. The number of oxime groups is 1. The Bertz CT molecular complexity index is 339. The first-order chi connectivity index (χ1) is 6.90. The quantitative estimate of drug-likeness (QED) is 0.570. The van der Waals surface area contributed by atoms with Gasteiger partial charge in [-0.15, -0.1) is 0 Å².